The van der Waals surface area contributed by atoms with Gasteiger partial charge < -0.3 is 14.4 Å². The number of epoxide rings is 1. The lowest BCUT2D eigenvalue weighted by Crippen LogP contribution is -2.40. The minimum Gasteiger partial charge on any atom is -0.446 e. The van der Waals surface area contributed by atoms with E-state index < -0.39 is 0 Å². The van der Waals surface area contributed by atoms with Crippen LogP contribution in [0.25, 0.3) is 0 Å². The second-order valence-corrected chi connectivity index (χ2v) is 5.31. The molecule has 2 aliphatic heterocycles. The maximum absolute atomic E-state index is 11.2. The number of rotatable bonds is 2. The highest BCUT2D eigenvalue weighted by Crippen LogP contribution is 2.33. The molecule has 4 nitrogen and oxygen atoms in total. The fraction of sp³-hybridized carbons (Fsp3) is 0.588. The van der Waals surface area contributed by atoms with Crippen LogP contribution in [-0.2, 0) is 9.47 Å². The van der Waals surface area contributed by atoms with E-state index in [0.29, 0.717) is 0 Å². The van der Waals surface area contributed by atoms with E-state index in [1.165, 1.54) is 0 Å². The highest BCUT2D eigenvalue weighted by Gasteiger charge is 2.43. The van der Waals surface area contributed by atoms with Crippen molar-refractivity contribution in [1.29, 1.82) is 0 Å². The Bertz CT molecular complexity index is 377. The first-order valence-electron chi connectivity index (χ1n) is 7.65. The molecule has 2 unspecified atom stereocenters. The van der Waals surface area contributed by atoms with Crippen LogP contribution in [0.5, 0.6) is 0 Å². The Balaban J connectivity index is 0.000000231. The summed E-state index contributed by atoms with van der Waals surface area (Å²) in [6, 6.07) is 12.0. The molecule has 118 valence electrons. The third-order valence-electron chi connectivity index (χ3n) is 3.33. The van der Waals surface area contributed by atoms with Gasteiger partial charge in [-0.2, -0.15) is 0 Å². The van der Waals surface area contributed by atoms with Crippen LogP contribution in [0.3, 0.4) is 0 Å². The highest BCUT2D eigenvalue weighted by molar-refractivity contribution is 5.68. The number of hydrogen-bond donors (Lipinski definition) is 0. The van der Waals surface area contributed by atoms with Crippen LogP contribution in [-0.4, -0.2) is 42.9 Å². The summed E-state index contributed by atoms with van der Waals surface area (Å²) in [5, 5.41) is 0. The summed E-state index contributed by atoms with van der Waals surface area (Å²) < 4.78 is 10.5. The summed E-state index contributed by atoms with van der Waals surface area (Å²) in [7, 11) is 1.76. The van der Waals surface area contributed by atoms with Gasteiger partial charge in [-0.05, 0) is 6.92 Å². The van der Waals surface area contributed by atoms with Crippen molar-refractivity contribution >= 4 is 6.09 Å². The highest BCUT2D eigenvalue weighted by atomic mass is 16.6. The van der Waals surface area contributed by atoms with Gasteiger partial charge in [-0.3, -0.25) is 0 Å². The molecular formula is C17H27NO3. The fourth-order valence-corrected chi connectivity index (χ4v) is 1.97. The molecular weight excluding hydrogens is 266 g/mol. The molecule has 2 heterocycles. The molecule has 2 atom stereocenters. The number of cyclic esters (lactones) is 1. The Morgan fingerprint density at radius 2 is 1.67 bits per heavy atom. The maximum Gasteiger partial charge on any atom is 0.409 e. The Kier molecular flexibility index (Phi) is 7.23. The smallest absolute Gasteiger partial charge is 0.409 e. The van der Waals surface area contributed by atoms with Crippen molar-refractivity contribution in [2.45, 2.75) is 45.3 Å². The van der Waals surface area contributed by atoms with Gasteiger partial charge in [0, 0.05) is 26.4 Å². The fourth-order valence-electron chi connectivity index (χ4n) is 1.97. The number of carbonyl (C=O) groups is 1. The van der Waals surface area contributed by atoms with Gasteiger partial charge in [-0.15, -0.1) is 0 Å². The van der Waals surface area contributed by atoms with Gasteiger partial charge >= 0.3 is 6.09 Å². The first kappa shape index (κ1) is 17.5. The minimum absolute atomic E-state index is 0.0130. The topological polar surface area (TPSA) is 42.1 Å². The van der Waals surface area contributed by atoms with Crippen LogP contribution >= 0.6 is 0 Å². The van der Waals surface area contributed by atoms with Crippen LogP contribution in [0.1, 0.15) is 33.6 Å². The van der Waals surface area contributed by atoms with Crippen LogP contribution in [0.4, 0.5) is 4.79 Å². The lowest BCUT2D eigenvalue weighted by atomic mass is 10.0. The molecule has 4 heteroatoms. The Morgan fingerprint density at radius 1 is 1.19 bits per heavy atom. The van der Waals surface area contributed by atoms with Crippen molar-refractivity contribution < 1.29 is 14.3 Å². The third-order valence-corrected chi connectivity index (χ3v) is 3.33. The predicted octanol–water partition coefficient (Wildman–Crippen LogP) is 3.72. The molecule has 2 fully saturated rings. The molecule has 0 N–H and O–H groups in total. The van der Waals surface area contributed by atoms with Crippen LogP contribution in [0.2, 0.25) is 0 Å². The van der Waals surface area contributed by atoms with E-state index in [1.54, 1.807) is 11.9 Å². The predicted molar refractivity (Wildman–Crippen MR) is 84.3 cm³/mol. The van der Waals surface area contributed by atoms with Crippen molar-refractivity contribution in [3.8, 4) is 0 Å². The largest absolute Gasteiger partial charge is 0.446 e. The van der Waals surface area contributed by atoms with Crippen molar-refractivity contribution in [3.63, 3.8) is 0 Å². The van der Waals surface area contributed by atoms with Gasteiger partial charge in [0.15, 0.2) is 0 Å². The summed E-state index contributed by atoms with van der Waals surface area (Å²) in [5.41, 5.74) is -0.0130. The molecule has 21 heavy (non-hydrogen) atoms. The quantitative estimate of drug-likeness (QED) is 0.780. The average Bonchev–Trinajstić information content (AvgIpc) is 3.25. The molecule has 1 aromatic carbocycles. The SMILES string of the molecule is CC.CN1CCC(CC2(C)CO2)OC1=O.c1ccccc1. The minimum atomic E-state index is -0.208. The monoisotopic (exact) mass is 293 g/mol. The maximum atomic E-state index is 11.2. The van der Waals surface area contributed by atoms with Crippen molar-refractivity contribution in [2.75, 3.05) is 20.2 Å². The summed E-state index contributed by atoms with van der Waals surface area (Å²) in [6.45, 7) is 7.65. The van der Waals surface area contributed by atoms with E-state index in [0.717, 1.165) is 26.0 Å². The molecule has 0 spiro atoms. The molecule has 0 aliphatic carbocycles. The van der Waals surface area contributed by atoms with Crippen molar-refractivity contribution in [2.24, 2.45) is 0 Å². The molecule has 0 bridgehead atoms. The molecule has 2 aliphatic rings. The summed E-state index contributed by atoms with van der Waals surface area (Å²) in [6.07, 6.45) is 1.60. The standard InChI is InChI=1S/C9H15NO3.C6H6.C2H6/c1-9(6-12-9)5-7-3-4-10(2)8(11)13-7;1-2-4-6-5-3-1;1-2/h7H,3-6H2,1-2H3;1-6H;1-2H3. The van der Waals surface area contributed by atoms with Crippen molar-refractivity contribution in [1.82, 2.24) is 4.90 Å². The zero-order valence-corrected chi connectivity index (χ0v) is 13.5. The van der Waals surface area contributed by atoms with Gasteiger partial charge in [0.25, 0.3) is 0 Å². The van der Waals surface area contributed by atoms with Gasteiger partial charge in [-0.25, -0.2) is 4.79 Å². The van der Waals surface area contributed by atoms with Gasteiger partial charge in [0.1, 0.15) is 6.10 Å². The molecule has 1 aromatic rings. The van der Waals surface area contributed by atoms with Crippen LogP contribution < -0.4 is 0 Å². The third kappa shape index (κ3) is 6.63. The average molecular weight is 293 g/mol. The van der Waals surface area contributed by atoms with Crippen LogP contribution in [0, 0.1) is 0 Å². The molecule has 3 rings (SSSR count). The summed E-state index contributed by atoms with van der Waals surface area (Å²) in [5.74, 6) is 0. The molecule has 0 saturated carbocycles. The second-order valence-electron chi connectivity index (χ2n) is 5.31. The number of hydrogen-bond acceptors (Lipinski definition) is 3. The zero-order chi connectivity index (χ0) is 15.7. The number of ether oxygens (including phenoxy) is 2. The molecule has 1 amide bonds. The van der Waals surface area contributed by atoms with E-state index in [4.69, 9.17) is 9.47 Å². The first-order valence-corrected chi connectivity index (χ1v) is 7.65. The van der Waals surface area contributed by atoms with Gasteiger partial charge in [0.2, 0.25) is 0 Å². The van der Waals surface area contributed by atoms with E-state index in [9.17, 15) is 4.79 Å². The second kappa shape index (κ2) is 8.67. The van der Waals surface area contributed by atoms with E-state index in [2.05, 4.69) is 6.92 Å². The Hall–Kier alpha value is -1.55. The van der Waals surface area contributed by atoms with E-state index in [1.807, 2.05) is 50.2 Å². The summed E-state index contributed by atoms with van der Waals surface area (Å²) >= 11 is 0. The lowest BCUT2D eigenvalue weighted by molar-refractivity contribution is 0.0195. The lowest BCUT2D eigenvalue weighted by Gasteiger charge is -2.29. The first-order chi connectivity index (χ1) is 10.1. The molecule has 0 aromatic heterocycles. The van der Waals surface area contributed by atoms with Crippen LogP contribution in [0.15, 0.2) is 36.4 Å². The van der Waals surface area contributed by atoms with Gasteiger partial charge in [0.05, 0.1) is 12.2 Å². The van der Waals surface area contributed by atoms with Gasteiger partial charge in [-0.1, -0.05) is 50.2 Å². The summed E-state index contributed by atoms with van der Waals surface area (Å²) in [4.78, 5) is 12.8. The normalized spacial score (nSPS) is 26.6. The number of carbonyl (C=O) groups excluding carboxylic acids is 1. The van der Waals surface area contributed by atoms with E-state index >= 15 is 0 Å². The zero-order valence-electron chi connectivity index (χ0n) is 13.5. The number of benzene rings is 1. The Labute approximate surface area is 128 Å². The molecule has 2 saturated heterocycles. The number of nitrogens with zero attached hydrogens (tertiary/aromatic N) is 1. The van der Waals surface area contributed by atoms with Crippen molar-refractivity contribution in [3.05, 3.63) is 36.4 Å². The van der Waals surface area contributed by atoms with E-state index in [-0.39, 0.29) is 17.8 Å². The molecule has 0 radical (unpaired) electrons. The Morgan fingerprint density at radius 3 is 2.05 bits per heavy atom. The number of amides is 1.